The van der Waals surface area contributed by atoms with Crippen LogP contribution in [0.25, 0.3) is 0 Å². The molecule has 2 aromatic rings. The van der Waals surface area contributed by atoms with Crippen molar-refractivity contribution in [2.45, 2.75) is 25.1 Å². The van der Waals surface area contributed by atoms with Crippen LogP contribution in [0.3, 0.4) is 0 Å². The summed E-state index contributed by atoms with van der Waals surface area (Å²) in [5.41, 5.74) is 0.708. The first-order valence-electron chi connectivity index (χ1n) is 8.03. The van der Waals surface area contributed by atoms with Crippen molar-refractivity contribution in [2.75, 3.05) is 18.0 Å². The van der Waals surface area contributed by atoms with Gasteiger partial charge in [-0.2, -0.15) is 10.2 Å². The summed E-state index contributed by atoms with van der Waals surface area (Å²) < 4.78 is 19.6. The van der Waals surface area contributed by atoms with Gasteiger partial charge in [-0.25, -0.2) is 4.39 Å². The van der Waals surface area contributed by atoms with E-state index in [1.165, 1.54) is 6.07 Å². The number of benzene rings is 1. The molecule has 0 spiro atoms. The lowest BCUT2D eigenvalue weighted by Crippen LogP contribution is -2.43. The van der Waals surface area contributed by atoms with E-state index >= 15 is 0 Å². The van der Waals surface area contributed by atoms with Crippen molar-refractivity contribution >= 4 is 5.82 Å². The second kappa shape index (κ2) is 6.10. The Morgan fingerprint density at radius 3 is 3.12 bits per heavy atom. The van der Waals surface area contributed by atoms with Crippen LogP contribution in [0.4, 0.5) is 10.2 Å². The third kappa shape index (κ3) is 2.91. The first-order chi connectivity index (χ1) is 11.7. The highest BCUT2D eigenvalue weighted by molar-refractivity contribution is 5.46. The molecule has 122 valence electrons. The minimum absolute atomic E-state index is 0.0849. The van der Waals surface area contributed by atoms with Gasteiger partial charge in [0, 0.05) is 36.8 Å². The minimum atomic E-state index is -0.437. The molecule has 2 atom stereocenters. The van der Waals surface area contributed by atoms with Crippen LogP contribution in [0.15, 0.2) is 36.4 Å². The fourth-order valence-electron chi connectivity index (χ4n) is 3.10. The largest absolute Gasteiger partial charge is 0.473 e. The molecule has 0 radical (unpaired) electrons. The molecular weight excluding hydrogens is 307 g/mol. The van der Waals surface area contributed by atoms with E-state index in [1.54, 1.807) is 18.2 Å². The first-order valence-corrected chi connectivity index (χ1v) is 8.03. The predicted octanol–water partition coefficient (Wildman–Crippen LogP) is 2.22. The van der Waals surface area contributed by atoms with Crippen LogP contribution in [-0.4, -0.2) is 30.2 Å². The van der Waals surface area contributed by atoms with Crippen molar-refractivity contribution in [3.63, 3.8) is 0 Å². The maximum Gasteiger partial charge on any atom is 0.215 e. The first kappa shape index (κ1) is 14.9. The van der Waals surface area contributed by atoms with Crippen LogP contribution in [0.5, 0.6) is 5.88 Å². The van der Waals surface area contributed by atoms with Crippen LogP contribution < -0.4 is 15.0 Å². The highest BCUT2D eigenvalue weighted by atomic mass is 19.1. The van der Waals surface area contributed by atoms with Crippen LogP contribution in [0, 0.1) is 17.1 Å². The Morgan fingerprint density at radius 1 is 1.38 bits per heavy atom. The van der Waals surface area contributed by atoms with Crippen LogP contribution in [-0.2, 0) is 6.61 Å². The maximum atomic E-state index is 13.9. The van der Waals surface area contributed by atoms with Crippen LogP contribution in [0.2, 0.25) is 0 Å². The molecule has 1 aromatic carbocycles. The second-order valence-corrected chi connectivity index (χ2v) is 6.10. The van der Waals surface area contributed by atoms with Crippen molar-refractivity contribution in [3.8, 4) is 11.9 Å². The summed E-state index contributed by atoms with van der Waals surface area (Å²) >= 11 is 0. The lowest BCUT2D eigenvalue weighted by atomic mass is 10.1. The van der Waals surface area contributed by atoms with E-state index in [2.05, 4.69) is 15.2 Å². The van der Waals surface area contributed by atoms with E-state index < -0.39 is 5.82 Å². The third-order valence-electron chi connectivity index (χ3n) is 4.48. The summed E-state index contributed by atoms with van der Waals surface area (Å²) in [4.78, 5) is 6.86. The topological polar surface area (TPSA) is 61.2 Å². The number of halogens is 1. The van der Waals surface area contributed by atoms with Gasteiger partial charge in [0.05, 0.1) is 11.6 Å². The number of nitrogens with zero attached hydrogens (tertiary/aromatic N) is 3. The number of hydrogen-bond donors (Lipinski definition) is 1. The molecule has 6 heteroatoms. The van der Waals surface area contributed by atoms with Crippen molar-refractivity contribution in [1.82, 2.24) is 10.3 Å². The molecule has 2 aliphatic rings. The Morgan fingerprint density at radius 2 is 2.29 bits per heavy atom. The summed E-state index contributed by atoms with van der Waals surface area (Å²) in [5, 5.41) is 12.2. The van der Waals surface area contributed by atoms with Crippen LogP contribution >= 0.6 is 0 Å². The number of rotatable bonds is 4. The Hall–Kier alpha value is -2.65. The van der Waals surface area contributed by atoms with Gasteiger partial charge in [-0.3, -0.25) is 0 Å². The van der Waals surface area contributed by atoms with Crippen molar-refractivity contribution in [2.24, 2.45) is 0 Å². The van der Waals surface area contributed by atoms with E-state index in [9.17, 15) is 4.39 Å². The van der Waals surface area contributed by atoms with E-state index in [1.807, 2.05) is 18.2 Å². The quantitative estimate of drug-likeness (QED) is 0.934. The van der Waals surface area contributed by atoms with Crippen molar-refractivity contribution in [3.05, 3.63) is 53.3 Å². The number of hydrogen-bond acceptors (Lipinski definition) is 5. The van der Waals surface area contributed by atoms with Crippen LogP contribution in [0.1, 0.15) is 17.5 Å². The molecule has 1 N–H and O–H groups in total. The fraction of sp³-hybridized carbons (Fsp3) is 0.333. The Bertz CT molecular complexity index is 804. The van der Waals surface area contributed by atoms with Gasteiger partial charge in [-0.05, 0) is 24.6 Å². The number of aromatic nitrogens is 1. The standard InChI is InChI=1S/C18H17FN4O/c19-14-8-12(10-20)4-5-13(14)11-24-18-3-1-2-17(22-18)23-7-6-21-15-9-16(15)23/h1-5,8,15-16,21H,6-7,9,11H2. The SMILES string of the molecule is N#Cc1ccc(COc2cccc(N3CCNC4CC43)n2)c(F)c1. The molecule has 1 aliphatic heterocycles. The molecule has 2 fully saturated rings. The average molecular weight is 324 g/mol. The van der Waals surface area contributed by atoms with Gasteiger partial charge >= 0.3 is 0 Å². The molecule has 24 heavy (non-hydrogen) atoms. The summed E-state index contributed by atoms with van der Waals surface area (Å²) in [7, 11) is 0. The molecule has 1 saturated carbocycles. The number of fused-ring (bicyclic) bond motifs is 1. The van der Waals surface area contributed by atoms with Gasteiger partial charge in [-0.1, -0.05) is 12.1 Å². The van der Waals surface area contributed by atoms with Gasteiger partial charge in [-0.15, -0.1) is 0 Å². The zero-order valence-electron chi connectivity index (χ0n) is 13.1. The molecular formula is C18H17FN4O. The van der Waals surface area contributed by atoms with Gasteiger partial charge < -0.3 is 15.0 Å². The zero-order chi connectivity index (χ0) is 16.5. The molecule has 4 rings (SSSR count). The lowest BCUT2D eigenvalue weighted by Gasteiger charge is -2.28. The second-order valence-electron chi connectivity index (χ2n) is 6.10. The molecule has 0 bridgehead atoms. The molecule has 1 saturated heterocycles. The molecule has 2 unspecified atom stereocenters. The summed E-state index contributed by atoms with van der Waals surface area (Å²) in [6.07, 6.45) is 1.16. The smallest absolute Gasteiger partial charge is 0.215 e. The molecule has 1 aromatic heterocycles. The molecule has 2 heterocycles. The van der Waals surface area contributed by atoms with E-state index in [0.717, 1.165) is 25.3 Å². The van der Waals surface area contributed by atoms with E-state index in [4.69, 9.17) is 10.00 Å². The predicted molar refractivity (Wildman–Crippen MR) is 87.2 cm³/mol. The highest BCUT2D eigenvalue weighted by Crippen LogP contribution is 2.34. The Labute approximate surface area is 139 Å². The number of piperazine rings is 1. The Balaban J connectivity index is 1.45. The number of nitrogens with one attached hydrogen (secondary N) is 1. The van der Waals surface area contributed by atoms with Gasteiger partial charge in [0.15, 0.2) is 0 Å². The summed E-state index contributed by atoms with van der Waals surface area (Å²) in [6.45, 7) is 1.98. The van der Waals surface area contributed by atoms with Crippen molar-refractivity contribution < 1.29 is 9.13 Å². The zero-order valence-corrected chi connectivity index (χ0v) is 13.1. The Kier molecular flexibility index (Phi) is 3.79. The normalized spacial score (nSPS) is 21.8. The lowest BCUT2D eigenvalue weighted by molar-refractivity contribution is 0.288. The third-order valence-corrected chi connectivity index (χ3v) is 4.48. The number of nitriles is 1. The van der Waals surface area contributed by atoms with Crippen molar-refractivity contribution in [1.29, 1.82) is 5.26 Å². The number of ether oxygens (including phenoxy) is 1. The average Bonchev–Trinajstić information content (AvgIpc) is 3.40. The monoisotopic (exact) mass is 324 g/mol. The van der Waals surface area contributed by atoms with E-state index in [-0.39, 0.29) is 6.61 Å². The molecule has 5 nitrogen and oxygen atoms in total. The highest BCUT2D eigenvalue weighted by Gasteiger charge is 2.44. The maximum absolute atomic E-state index is 13.9. The number of pyridine rings is 1. The summed E-state index contributed by atoms with van der Waals surface area (Å²) in [6, 6.07) is 13.1. The summed E-state index contributed by atoms with van der Waals surface area (Å²) in [5.74, 6) is 0.946. The van der Waals surface area contributed by atoms with Gasteiger partial charge in [0.2, 0.25) is 5.88 Å². The molecule has 0 amide bonds. The van der Waals surface area contributed by atoms with Gasteiger partial charge in [0.1, 0.15) is 18.2 Å². The minimum Gasteiger partial charge on any atom is -0.473 e. The van der Waals surface area contributed by atoms with Gasteiger partial charge in [0.25, 0.3) is 0 Å². The number of anilines is 1. The fourth-order valence-corrected chi connectivity index (χ4v) is 3.10. The molecule has 1 aliphatic carbocycles. The van der Waals surface area contributed by atoms with E-state index in [0.29, 0.717) is 29.1 Å².